The lowest BCUT2D eigenvalue weighted by Gasteiger charge is -2.33. The summed E-state index contributed by atoms with van der Waals surface area (Å²) in [6.07, 6.45) is 1.08. The Balaban J connectivity index is 2.33. The molecule has 1 aliphatic heterocycles. The highest BCUT2D eigenvalue weighted by Crippen LogP contribution is 2.39. The van der Waals surface area contributed by atoms with Crippen molar-refractivity contribution in [3.8, 4) is 0 Å². The van der Waals surface area contributed by atoms with Crippen LogP contribution in [0.3, 0.4) is 0 Å². The van der Waals surface area contributed by atoms with Gasteiger partial charge in [-0.25, -0.2) is 0 Å². The molecule has 0 aliphatic carbocycles. The van der Waals surface area contributed by atoms with Gasteiger partial charge in [0.05, 0.1) is 5.69 Å². The average molecular weight is 236 g/mol. The van der Waals surface area contributed by atoms with Crippen LogP contribution in [-0.2, 0) is 0 Å². The van der Waals surface area contributed by atoms with Crippen molar-refractivity contribution in [2.75, 3.05) is 30.3 Å². The predicted octanol–water partition coefficient (Wildman–Crippen LogP) is 2.56. The van der Waals surface area contributed by atoms with E-state index in [1.807, 2.05) is 11.8 Å². The van der Waals surface area contributed by atoms with Gasteiger partial charge in [-0.15, -0.1) is 11.8 Å². The van der Waals surface area contributed by atoms with E-state index in [-0.39, 0.29) is 0 Å². The van der Waals surface area contributed by atoms with Crippen molar-refractivity contribution in [2.45, 2.75) is 25.2 Å². The molecule has 0 aromatic heterocycles. The van der Waals surface area contributed by atoms with Gasteiger partial charge in [-0.2, -0.15) is 0 Å². The fraction of sp³-hybridized carbons (Fsp3) is 0.538. The monoisotopic (exact) mass is 236 g/mol. The zero-order valence-electron chi connectivity index (χ0n) is 10.1. The maximum absolute atomic E-state index is 5.60. The minimum absolute atomic E-state index is 0.782. The van der Waals surface area contributed by atoms with Crippen LogP contribution in [0.15, 0.2) is 17.0 Å². The fourth-order valence-electron chi connectivity index (χ4n) is 2.22. The maximum Gasteiger partial charge on any atom is 0.0537 e. The predicted molar refractivity (Wildman–Crippen MR) is 72.5 cm³/mol. The van der Waals surface area contributed by atoms with Crippen LogP contribution in [-0.4, -0.2) is 25.4 Å². The lowest BCUT2D eigenvalue weighted by Crippen LogP contribution is -2.32. The van der Waals surface area contributed by atoms with E-state index in [0.717, 1.165) is 26.1 Å². The van der Waals surface area contributed by atoms with Crippen LogP contribution in [0.5, 0.6) is 0 Å². The van der Waals surface area contributed by atoms with E-state index in [2.05, 4.69) is 30.9 Å². The van der Waals surface area contributed by atoms with E-state index >= 15 is 0 Å². The molecule has 2 nitrogen and oxygen atoms in total. The van der Waals surface area contributed by atoms with Gasteiger partial charge >= 0.3 is 0 Å². The molecule has 16 heavy (non-hydrogen) atoms. The number of hydrogen-bond acceptors (Lipinski definition) is 3. The summed E-state index contributed by atoms with van der Waals surface area (Å²) < 4.78 is 0. The molecule has 0 unspecified atom stereocenters. The third-order valence-electron chi connectivity index (χ3n) is 3.09. The lowest BCUT2D eigenvalue weighted by molar-refractivity contribution is 0.743. The summed E-state index contributed by atoms with van der Waals surface area (Å²) in [5, 5.41) is 0. The number of nitrogens with two attached hydrogens (primary N) is 1. The molecule has 1 aliphatic rings. The Bertz CT molecular complexity index is 376. The van der Waals surface area contributed by atoms with Gasteiger partial charge in [-0.3, -0.25) is 0 Å². The first-order chi connectivity index (χ1) is 7.74. The first-order valence-electron chi connectivity index (χ1n) is 5.92. The highest BCUT2D eigenvalue weighted by atomic mass is 32.2. The van der Waals surface area contributed by atoms with Crippen molar-refractivity contribution in [3.63, 3.8) is 0 Å². The van der Waals surface area contributed by atoms with Crippen molar-refractivity contribution in [1.82, 2.24) is 0 Å². The van der Waals surface area contributed by atoms with E-state index in [1.165, 1.54) is 27.5 Å². The van der Waals surface area contributed by atoms with Crippen molar-refractivity contribution >= 4 is 17.4 Å². The molecule has 3 heteroatoms. The van der Waals surface area contributed by atoms with Crippen LogP contribution in [0, 0.1) is 13.8 Å². The molecule has 1 aromatic carbocycles. The highest BCUT2D eigenvalue weighted by Gasteiger charge is 2.20. The first kappa shape index (κ1) is 11.8. The van der Waals surface area contributed by atoms with Crippen LogP contribution in [0.25, 0.3) is 0 Å². The minimum Gasteiger partial charge on any atom is -0.370 e. The molecular formula is C13H20N2S. The number of thioether (sulfide) groups is 1. The van der Waals surface area contributed by atoms with E-state index in [0.29, 0.717) is 0 Å². The fourth-order valence-corrected chi connectivity index (χ4v) is 3.46. The summed E-state index contributed by atoms with van der Waals surface area (Å²) in [7, 11) is 0. The van der Waals surface area contributed by atoms with Crippen LogP contribution in [0.1, 0.15) is 17.5 Å². The van der Waals surface area contributed by atoms with E-state index in [1.54, 1.807) is 0 Å². The zero-order chi connectivity index (χ0) is 11.5. The Morgan fingerprint density at radius 3 is 2.81 bits per heavy atom. The molecule has 0 atom stereocenters. The normalized spacial score (nSPS) is 15.1. The van der Waals surface area contributed by atoms with E-state index in [4.69, 9.17) is 5.73 Å². The van der Waals surface area contributed by atoms with Crippen molar-refractivity contribution < 1.29 is 0 Å². The molecule has 0 bridgehead atoms. The maximum atomic E-state index is 5.60. The van der Waals surface area contributed by atoms with Gasteiger partial charge in [0.2, 0.25) is 0 Å². The number of hydrogen-bond donors (Lipinski definition) is 1. The molecule has 88 valence electrons. The Morgan fingerprint density at radius 2 is 2.06 bits per heavy atom. The first-order valence-corrected chi connectivity index (χ1v) is 6.90. The zero-order valence-corrected chi connectivity index (χ0v) is 10.9. The number of aryl methyl sites for hydroxylation is 2. The number of benzene rings is 1. The van der Waals surface area contributed by atoms with E-state index < -0.39 is 0 Å². The average Bonchev–Trinajstić information content (AvgIpc) is 2.31. The van der Waals surface area contributed by atoms with Gasteiger partial charge in [-0.05, 0) is 37.9 Å². The number of nitrogens with zero attached hydrogens (tertiary/aromatic N) is 1. The molecular weight excluding hydrogens is 216 g/mol. The smallest absolute Gasteiger partial charge is 0.0537 e. The summed E-state index contributed by atoms with van der Waals surface area (Å²) in [4.78, 5) is 3.98. The largest absolute Gasteiger partial charge is 0.370 e. The van der Waals surface area contributed by atoms with Crippen molar-refractivity contribution in [1.29, 1.82) is 0 Å². The van der Waals surface area contributed by atoms with Gasteiger partial charge in [0, 0.05) is 23.7 Å². The van der Waals surface area contributed by atoms with Crippen LogP contribution in [0.2, 0.25) is 0 Å². The number of rotatable bonds is 3. The SMILES string of the molecule is Cc1ccc(C)c2c1SCCN2CCCN. The molecule has 0 amide bonds. The molecule has 0 fully saturated rings. The topological polar surface area (TPSA) is 29.3 Å². The second-order valence-electron chi connectivity index (χ2n) is 4.35. The van der Waals surface area contributed by atoms with Crippen LogP contribution >= 0.6 is 11.8 Å². The third kappa shape index (κ3) is 2.20. The van der Waals surface area contributed by atoms with Crippen LogP contribution in [0.4, 0.5) is 5.69 Å². The summed E-state index contributed by atoms with van der Waals surface area (Å²) in [5.41, 5.74) is 9.85. The van der Waals surface area contributed by atoms with E-state index in [9.17, 15) is 0 Å². The van der Waals surface area contributed by atoms with Gasteiger partial charge < -0.3 is 10.6 Å². The third-order valence-corrected chi connectivity index (χ3v) is 4.28. The van der Waals surface area contributed by atoms with Crippen molar-refractivity contribution in [2.24, 2.45) is 5.73 Å². The van der Waals surface area contributed by atoms with Crippen molar-refractivity contribution in [3.05, 3.63) is 23.3 Å². The lowest BCUT2D eigenvalue weighted by atomic mass is 10.1. The van der Waals surface area contributed by atoms with Gasteiger partial charge in [0.1, 0.15) is 0 Å². The summed E-state index contributed by atoms with van der Waals surface area (Å²) in [5.74, 6) is 1.20. The number of fused-ring (bicyclic) bond motifs is 1. The molecule has 0 saturated heterocycles. The Kier molecular flexibility index (Phi) is 3.77. The molecule has 2 N–H and O–H groups in total. The second-order valence-corrected chi connectivity index (χ2v) is 5.46. The molecule has 2 rings (SSSR count). The molecule has 0 saturated carbocycles. The Labute approximate surface area is 102 Å². The Hall–Kier alpha value is -0.670. The Morgan fingerprint density at radius 1 is 1.31 bits per heavy atom. The minimum atomic E-state index is 0.782. The molecule has 0 radical (unpaired) electrons. The highest BCUT2D eigenvalue weighted by molar-refractivity contribution is 7.99. The molecule has 1 heterocycles. The van der Waals surface area contributed by atoms with Gasteiger partial charge in [-0.1, -0.05) is 12.1 Å². The molecule has 0 spiro atoms. The van der Waals surface area contributed by atoms with Gasteiger partial charge in [0.25, 0.3) is 0 Å². The van der Waals surface area contributed by atoms with Gasteiger partial charge in [0.15, 0.2) is 0 Å². The second kappa shape index (κ2) is 5.11. The summed E-state index contributed by atoms with van der Waals surface area (Å²) >= 11 is 1.99. The quantitative estimate of drug-likeness (QED) is 0.874. The standard InChI is InChI=1S/C13H20N2S/c1-10-4-5-11(2)13-12(10)15(7-3-6-14)8-9-16-13/h4-5H,3,6-9,14H2,1-2H3. The van der Waals surface area contributed by atoms with Crippen LogP contribution < -0.4 is 10.6 Å². The molecule has 1 aromatic rings. The number of anilines is 1. The summed E-state index contributed by atoms with van der Waals surface area (Å²) in [6.45, 7) is 7.44. The summed E-state index contributed by atoms with van der Waals surface area (Å²) in [6, 6.07) is 4.46.